The van der Waals surface area contributed by atoms with E-state index in [-0.39, 0.29) is 6.61 Å². The van der Waals surface area contributed by atoms with Gasteiger partial charge >= 0.3 is 12.0 Å². The molecule has 2 aromatic rings. The molecule has 0 heterocycles. The van der Waals surface area contributed by atoms with Gasteiger partial charge in [-0.05, 0) is 24.6 Å². The summed E-state index contributed by atoms with van der Waals surface area (Å²) < 4.78 is 10.6. The van der Waals surface area contributed by atoms with Crippen LogP contribution >= 0.6 is 0 Å². The molecule has 6 nitrogen and oxygen atoms in total. The number of carbonyl (C=O) groups excluding carboxylic acids is 2. The summed E-state index contributed by atoms with van der Waals surface area (Å²) in [5, 5.41) is 2.44. The molecule has 2 aromatic carbocycles. The largest absolute Gasteiger partial charge is 0.496 e. The van der Waals surface area contributed by atoms with Crippen molar-refractivity contribution in [1.82, 2.24) is 5.32 Å². The Bertz CT molecular complexity index is 731. The SMILES string of the molecule is COc1ccc(C)cc1COC(=O)[C@H](Cc1ccccc1)NC(N)=O. The maximum Gasteiger partial charge on any atom is 0.329 e. The first-order valence-electron chi connectivity index (χ1n) is 7.89. The van der Waals surface area contributed by atoms with Crippen LogP contribution in [0.25, 0.3) is 0 Å². The number of nitrogens with one attached hydrogen (secondary N) is 1. The topological polar surface area (TPSA) is 90.7 Å². The molecule has 25 heavy (non-hydrogen) atoms. The summed E-state index contributed by atoms with van der Waals surface area (Å²) in [6.45, 7) is 1.99. The van der Waals surface area contributed by atoms with E-state index in [0.29, 0.717) is 12.2 Å². The summed E-state index contributed by atoms with van der Waals surface area (Å²) in [5.74, 6) is 0.0899. The summed E-state index contributed by atoms with van der Waals surface area (Å²) in [4.78, 5) is 23.6. The lowest BCUT2D eigenvalue weighted by Gasteiger charge is -2.17. The molecular formula is C19H22N2O4. The van der Waals surface area contributed by atoms with Crippen LogP contribution in [-0.4, -0.2) is 25.2 Å². The predicted molar refractivity (Wildman–Crippen MR) is 94.2 cm³/mol. The molecular weight excluding hydrogens is 320 g/mol. The second-order valence-corrected chi connectivity index (χ2v) is 5.67. The van der Waals surface area contributed by atoms with Crippen molar-refractivity contribution in [3.8, 4) is 5.75 Å². The van der Waals surface area contributed by atoms with E-state index in [1.54, 1.807) is 7.11 Å². The van der Waals surface area contributed by atoms with Crippen molar-refractivity contribution in [2.75, 3.05) is 7.11 Å². The molecule has 1 atom stereocenters. The Morgan fingerprint density at radius 2 is 1.88 bits per heavy atom. The molecule has 132 valence electrons. The van der Waals surface area contributed by atoms with Crippen molar-refractivity contribution in [3.05, 3.63) is 65.2 Å². The van der Waals surface area contributed by atoms with E-state index in [4.69, 9.17) is 15.2 Å². The lowest BCUT2D eigenvalue weighted by Crippen LogP contribution is -2.45. The summed E-state index contributed by atoms with van der Waals surface area (Å²) in [6, 6.07) is 13.3. The highest BCUT2D eigenvalue weighted by atomic mass is 16.5. The van der Waals surface area contributed by atoms with Crippen LogP contribution in [0.4, 0.5) is 4.79 Å². The first-order valence-corrected chi connectivity index (χ1v) is 7.89. The number of methoxy groups -OCH3 is 1. The zero-order valence-corrected chi connectivity index (χ0v) is 14.3. The third-order valence-electron chi connectivity index (χ3n) is 3.69. The summed E-state index contributed by atoms with van der Waals surface area (Å²) >= 11 is 0. The molecule has 0 unspecified atom stereocenters. The number of hydrogen-bond donors (Lipinski definition) is 2. The van der Waals surface area contributed by atoms with Crippen LogP contribution in [0.2, 0.25) is 0 Å². The Hall–Kier alpha value is -3.02. The standard InChI is InChI=1S/C19H22N2O4/c1-13-8-9-17(24-2)15(10-13)12-25-18(22)16(21-19(20)23)11-14-6-4-3-5-7-14/h3-10,16H,11-12H2,1-2H3,(H3,20,21,23)/t16-/m0/s1. The Balaban J connectivity index is 2.06. The smallest absolute Gasteiger partial charge is 0.329 e. The number of esters is 1. The zero-order chi connectivity index (χ0) is 18.2. The minimum atomic E-state index is -0.851. The fourth-order valence-electron chi connectivity index (χ4n) is 2.48. The minimum absolute atomic E-state index is 0.0510. The molecule has 0 aromatic heterocycles. The fourth-order valence-corrected chi connectivity index (χ4v) is 2.48. The van der Waals surface area contributed by atoms with Crippen molar-refractivity contribution < 1.29 is 19.1 Å². The van der Waals surface area contributed by atoms with Crippen molar-refractivity contribution in [2.24, 2.45) is 5.73 Å². The molecule has 0 aliphatic heterocycles. The third kappa shape index (κ3) is 5.53. The maximum atomic E-state index is 12.4. The zero-order valence-electron chi connectivity index (χ0n) is 14.3. The van der Waals surface area contributed by atoms with Gasteiger partial charge in [-0.25, -0.2) is 9.59 Å². The first-order chi connectivity index (χ1) is 12.0. The molecule has 0 bridgehead atoms. The van der Waals surface area contributed by atoms with E-state index in [0.717, 1.165) is 16.7 Å². The van der Waals surface area contributed by atoms with Crippen molar-refractivity contribution in [3.63, 3.8) is 0 Å². The van der Waals surface area contributed by atoms with Gasteiger partial charge in [0.25, 0.3) is 0 Å². The van der Waals surface area contributed by atoms with Crippen LogP contribution in [0.5, 0.6) is 5.75 Å². The number of aryl methyl sites for hydroxylation is 1. The average molecular weight is 342 g/mol. The summed E-state index contributed by atoms with van der Waals surface area (Å²) in [7, 11) is 1.56. The van der Waals surface area contributed by atoms with Crippen LogP contribution in [0.1, 0.15) is 16.7 Å². The molecule has 0 spiro atoms. The number of carbonyl (C=O) groups is 2. The first kappa shape index (κ1) is 18.3. The van der Waals surface area contributed by atoms with Crippen LogP contribution in [-0.2, 0) is 22.6 Å². The van der Waals surface area contributed by atoms with E-state index in [2.05, 4.69) is 5.32 Å². The van der Waals surface area contributed by atoms with E-state index in [1.165, 1.54) is 0 Å². The second-order valence-electron chi connectivity index (χ2n) is 5.67. The normalized spacial score (nSPS) is 11.4. The van der Waals surface area contributed by atoms with Gasteiger partial charge in [-0.15, -0.1) is 0 Å². The highest BCUT2D eigenvalue weighted by Gasteiger charge is 2.22. The molecule has 3 N–H and O–H groups in total. The van der Waals surface area contributed by atoms with Crippen LogP contribution in [0.3, 0.4) is 0 Å². The number of hydrogen-bond acceptors (Lipinski definition) is 4. The summed E-state index contributed by atoms with van der Waals surface area (Å²) in [5.41, 5.74) is 7.86. The fraction of sp³-hybridized carbons (Fsp3) is 0.263. The van der Waals surface area contributed by atoms with Gasteiger partial charge in [-0.2, -0.15) is 0 Å². The van der Waals surface area contributed by atoms with Crippen LogP contribution < -0.4 is 15.8 Å². The van der Waals surface area contributed by atoms with Crippen LogP contribution in [0.15, 0.2) is 48.5 Å². The number of urea groups is 1. The van der Waals surface area contributed by atoms with E-state index in [1.807, 2.05) is 55.5 Å². The Morgan fingerprint density at radius 1 is 1.16 bits per heavy atom. The van der Waals surface area contributed by atoms with Gasteiger partial charge < -0.3 is 20.5 Å². The summed E-state index contributed by atoms with van der Waals surface area (Å²) in [6.07, 6.45) is 0.299. The van der Waals surface area contributed by atoms with Crippen molar-refractivity contribution in [2.45, 2.75) is 26.0 Å². The quantitative estimate of drug-likeness (QED) is 0.756. The molecule has 0 saturated carbocycles. The van der Waals surface area contributed by atoms with Crippen LogP contribution in [0, 0.1) is 6.92 Å². The maximum absolute atomic E-state index is 12.4. The van der Waals surface area contributed by atoms with Gasteiger partial charge in [0.05, 0.1) is 7.11 Å². The number of ether oxygens (including phenoxy) is 2. The van der Waals surface area contributed by atoms with Gasteiger partial charge in [0.1, 0.15) is 18.4 Å². The predicted octanol–water partition coefficient (Wildman–Crippen LogP) is 2.33. The number of benzene rings is 2. The lowest BCUT2D eigenvalue weighted by molar-refractivity contribution is -0.147. The molecule has 6 heteroatoms. The van der Waals surface area contributed by atoms with E-state index < -0.39 is 18.0 Å². The third-order valence-corrected chi connectivity index (χ3v) is 3.69. The highest BCUT2D eigenvalue weighted by molar-refractivity contribution is 5.83. The van der Waals surface area contributed by atoms with E-state index >= 15 is 0 Å². The monoisotopic (exact) mass is 342 g/mol. The molecule has 0 fully saturated rings. The Kier molecular flexibility index (Phi) is 6.39. The van der Waals surface area contributed by atoms with E-state index in [9.17, 15) is 9.59 Å². The van der Waals surface area contributed by atoms with Gasteiger partial charge in [0.2, 0.25) is 0 Å². The number of rotatable bonds is 7. The molecule has 0 radical (unpaired) electrons. The lowest BCUT2D eigenvalue weighted by atomic mass is 10.1. The van der Waals surface area contributed by atoms with Gasteiger partial charge in [-0.3, -0.25) is 0 Å². The van der Waals surface area contributed by atoms with Gasteiger partial charge in [-0.1, -0.05) is 42.0 Å². The number of amides is 2. The highest BCUT2D eigenvalue weighted by Crippen LogP contribution is 2.20. The second kappa shape index (κ2) is 8.73. The Morgan fingerprint density at radius 3 is 2.52 bits per heavy atom. The molecule has 2 rings (SSSR count). The number of primary amides is 1. The van der Waals surface area contributed by atoms with Gasteiger partial charge in [0, 0.05) is 12.0 Å². The minimum Gasteiger partial charge on any atom is -0.496 e. The molecule has 0 aliphatic rings. The van der Waals surface area contributed by atoms with Gasteiger partial charge in [0.15, 0.2) is 0 Å². The molecule has 0 aliphatic carbocycles. The molecule has 2 amide bonds. The Labute approximate surface area is 146 Å². The number of nitrogens with two attached hydrogens (primary N) is 1. The van der Waals surface area contributed by atoms with Crippen molar-refractivity contribution >= 4 is 12.0 Å². The van der Waals surface area contributed by atoms with Crippen molar-refractivity contribution in [1.29, 1.82) is 0 Å². The molecule has 0 saturated heterocycles. The average Bonchev–Trinajstić information content (AvgIpc) is 2.59.